The van der Waals surface area contributed by atoms with Crippen LogP contribution in [0, 0.1) is 34.0 Å². The second kappa shape index (κ2) is 22.5. The largest absolute Gasteiger partial charge is 0.328 e. The van der Waals surface area contributed by atoms with E-state index in [-0.39, 0.29) is 0 Å². The van der Waals surface area contributed by atoms with E-state index in [4.69, 9.17) is 30.9 Å². The van der Waals surface area contributed by atoms with Gasteiger partial charge >= 0.3 is 0 Å². The van der Waals surface area contributed by atoms with E-state index in [1.54, 1.807) is 0 Å². The molecule has 0 radical (unpaired) electrons. The molecule has 12 nitrogen and oxygen atoms in total. The minimum atomic E-state index is -3.67. The standard InChI is InChI=1S/3C10H21N.3CH4O3S/c3*1-10(2,3)8-4-6-9(11)7-5-8;3*1-5(2,3)4/h3*8-9H,4-7,11H2,1-3H3;3*1H3,(H,2,3,4). The van der Waals surface area contributed by atoms with E-state index in [9.17, 15) is 25.3 Å². The maximum atomic E-state index is 9.19. The van der Waals surface area contributed by atoms with Gasteiger partial charge in [0.05, 0.1) is 18.8 Å². The van der Waals surface area contributed by atoms with Gasteiger partial charge in [-0.3, -0.25) is 13.7 Å². The average Bonchev–Trinajstić information content (AvgIpc) is 2.81. The van der Waals surface area contributed by atoms with Gasteiger partial charge in [-0.25, -0.2) is 0 Å². The lowest BCUT2D eigenvalue weighted by atomic mass is 9.71. The molecule has 0 heterocycles. The van der Waals surface area contributed by atoms with Crippen molar-refractivity contribution in [3.8, 4) is 0 Å². The van der Waals surface area contributed by atoms with Gasteiger partial charge in [0.2, 0.25) is 0 Å². The molecule has 0 saturated heterocycles. The van der Waals surface area contributed by atoms with Crippen molar-refractivity contribution in [3.05, 3.63) is 0 Å². The third kappa shape index (κ3) is 40.0. The molecule has 3 aliphatic carbocycles. The van der Waals surface area contributed by atoms with Crippen LogP contribution in [0.2, 0.25) is 0 Å². The van der Waals surface area contributed by atoms with Gasteiger partial charge in [0.1, 0.15) is 0 Å². The van der Waals surface area contributed by atoms with Gasteiger partial charge in [-0.05, 0) is 111 Å². The highest BCUT2D eigenvalue weighted by Crippen LogP contribution is 2.38. The van der Waals surface area contributed by atoms with Gasteiger partial charge in [-0.15, -0.1) is 0 Å². The predicted octanol–water partition coefficient (Wildman–Crippen LogP) is 6.16. The monoisotopic (exact) mass is 753 g/mol. The van der Waals surface area contributed by atoms with Crippen molar-refractivity contribution in [2.75, 3.05) is 18.8 Å². The molecule has 48 heavy (non-hydrogen) atoms. The van der Waals surface area contributed by atoms with Crippen LogP contribution < -0.4 is 17.2 Å². The topological polar surface area (TPSA) is 241 Å². The summed E-state index contributed by atoms with van der Waals surface area (Å²) in [7, 11) is -11.0. The molecular weight excluding hydrogens is 679 g/mol. The molecule has 294 valence electrons. The lowest BCUT2D eigenvalue weighted by Gasteiger charge is -2.35. The first-order chi connectivity index (χ1) is 21.0. The smallest absolute Gasteiger partial charge is 0.261 e. The Bertz CT molecular complexity index is 978. The molecule has 0 spiro atoms. The van der Waals surface area contributed by atoms with Crippen molar-refractivity contribution in [1.82, 2.24) is 0 Å². The summed E-state index contributed by atoms with van der Waals surface area (Å²) in [5, 5.41) is 0. The third-order valence-corrected chi connectivity index (χ3v) is 8.99. The molecule has 0 aromatic carbocycles. The van der Waals surface area contributed by atoms with E-state index in [1.807, 2.05) is 0 Å². The molecule has 3 saturated carbocycles. The summed E-state index contributed by atoms with van der Waals surface area (Å²) in [5.41, 5.74) is 19.0. The van der Waals surface area contributed by atoms with E-state index in [0.29, 0.717) is 53.1 Å². The predicted molar refractivity (Wildman–Crippen MR) is 201 cm³/mol. The Labute approximate surface area is 295 Å². The zero-order valence-electron chi connectivity index (χ0n) is 32.2. The molecule has 3 fully saturated rings. The fourth-order valence-electron chi connectivity index (χ4n) is 5.96. The van der Waals surface area contributed by atoms with E-state index in [2.05, 4.69) is 62.3 Å². The number of hydrogen-bond donors (Lipinski definition) is 6. The molecule has 0 aromatic rings. The summed E-state index contributed by atoms with van der Waals surface area (Å²) in [6, 6.07) is 1.48. The van der Waals surface area contributed by atoms with E-state index >= 15 is 0 Å². The summed E-state index contributed by atoms with van der Waals surface area (Å²) in [5.74, 6) is 2.71. The molecule has 0 unspecified atom stereocenters. The Hall–Kier alpha value is -0.390. The summed E-state index contributed by atoms with van der Waals surface area (Å²) < 4.78 is 77.6. The minimum absolute atomic E-state index is 0.494. The second-order valence-corrected chi connectivity index (χ2v) is 21.5. The number of rotatable bonds is 0. The SMILES string of the molecule is CC(C)(C)C1CCC(N)CC1.CC(C)(C)C1CCC(N)CC1.CC(C)(C)C1CCC(N)CC1.CS(=O)(=O)O.CS(=O)(=O)O.CS(=O)(=O)O. The minimum Gasteiger partial charge on any atom is -0.328 e. The Morgan fingerprint density at radius 2 is 0.479 bits per heavy atom. The van der Waals surface area contributed by atoms with Crippen LogP contribution >= 0.6 is 0 Å². The Morgan fingerprint density at radius 1 is 0.375 bits per heavy atom. The molecule has 9 N–H and O–H groups in total. The molecule has 0 atom stereocenters. The highest BCUT2D eigenvalue weighted by molar-refractivity contribution is 7.85. The molecule has 15 heteroatoms. The van der Waals surface area contributed by atoms with Crippen molar-refractivity contribution in [3.63, 3.8) is 0 Å². The van der Waals surface area contributed by atoms with Crippen molar-refractivity contribution < 1.29 is 38.9 Å². The van der Waals surface area contributed by atoms with Crippen molar-refractivity contribution in [1.29, 1.82) is 0 Å². The molecule has 0 amide bonds. The Balaban J connectivity index is -0.000000527. The van der Waals surface area contributed by atoms with Crippen LogP contribution in [0.1, 0.15) is 139 Å². The molecule has 0 aromatic heterocycles. The van der Waals surface area contributed by atoms with Crippen LogP contribution in [-0.2, 0) is 30.4 Å². The molecule has 0 aliphatic heterocycles. The quantitative estimate of drug-likeness (QED) is 0.152. The van der Waals surface area contributed by atoms with Gasteiger partial charge in [-0.2, -0.15) is 25.3 Å². The Morgan fingerprint density at radius 3 is 0.562 bits per heavy atom. The van der Waals surface area contributed by atoms with E-state index in [0.717, 1.165) is 17.8 Å². The molecule has 3 rings (SSSR count). The molecular formula is C33H75N3O9S3. The normalized spacial score (nSPS) is 26.9. The lowest BCUT2D eigenvalue weighted by Crippen LogP contribution is -2.31. The summed E-state index contributed by atoms with van der Waals surface area (Å²) >= 11 is 0. The zero-order valence-corrected chi connectivity index (χ0v) is 34.6. The first-order valence-electron chi connectivity index (χ1n) is 17.0. The molecule has 3 aliphatic rings. The summed E-state index contributed by atoms with van der Waals surface area (Å²) in [6.45, 7) is 21.1. The van der Waals surface area contributed by atoms with Crippen molar-refractivity contribution in [2.24, 2.45) is 51.2 Å². The van der Waals surface area contributed by atoms with Gasteiger partial charge < -0.3 is 17.2 Å². The first kappa shape index (κ1) is 52.0. The molecule has 0 bridgehead atoms. The fourth-order valence-corrected chi connectivity index (χ4v) is 5.96. The number of nitrogens with two attached hydrogens (primary N) is 3. The van der Waals surface area contributed by atoms with Crippen LogP contribution in [0.3, 0.4) is 0 Å². The van der Waals surface area contributed by atoms with E-state index in [1.165, 1.54) is 77.0 Å². The average molecular weight is 754 g/mol. The van der Waals surface area contributed by atoms with Gasteiger partial charge in [0.15, 0.2) is 0 Å². The maximum Gasteiger partial charge on any atom is 0.261 e. The first-order valence-corrected chi connectivity index (χ1v) is 22.6. The van der Waals surface area contributed by atoms with Crippen LogP contribution in [0.4, 0.5) is 0 Å². The van der Waals surface area contributed by atoms with Crippen LogP contribution in [-0.4, -0.2) is 75.8 Å². The van der Waals surface area contributed by atoms with Gasteiger partial charge in [0.25, 0.3) is 30.4 Å². The van der Waals surface area contributed by atoms with E-state index < -0.39 is 30.4 Å². The van der Waals surface area contributed by atoms with Crippen LogP contribution in [0.25, 0.3) is 0 Å². The van der Waals surface area contributed by atoms with Crippen molar-refractivity contribution in [2.45, 2.75) is 157 Å². The lowest BCUT2D eigenvalue weighted by molar-refractivity contribution is 0.170. The highest BCUT2D eigenvalue weighted by atomic mass is 32.2. The fraction of sp³-hybridized carbons (Fsp3) is 1.00. The third-order valence-electron chi connectivity index (χ3n) is 8.99. The highest BCUT2D eigenvalue weighted by Gasteiger charge is 2.30. The van der Waals surface area contributed by atoms with Crippen molar-refractivity contribution >= 4 is 30.4 Å². The van der Waals surface area contributed by atoms with Gasteiger partial charge in [-0.1, -0.05) is 62.3 Å². The second-order valence-electron chi connectivity index (χ2n) is 17.1. The maximum absolute atomic E-state index is 9.19. The van der Waals surface area contributed by atoms with Crippen LogP contribution in [0.15, 0.2) is 0 Å². The van der Waals surface area contributed by atoms with Gasteiger partial charge in [0, 0.05) is 18.1 Å². The summed E-state index contributed by atoms with van der Waals surface area (Å²) in [6.07, 6.45) is 17.6. The zero-order chi connectivity index (χ0) is 38.9. The van der Waals surface area contributed by atoms with Crippen LogP contribution in [0.5, 0.6) is 0 Å². The number of hydrogen-bond acceptors (Lipinski definition) is 9. The summed E-state index contributed by atoms with van der Waals surface area (Å²) in [4.78, 5) is 0. The Kier molecular flexibility index (Phi) is 24.4.